The van der Waals surface area contributed by atoms with E-state index >= 15 is 0 Å². The van der Waals surface area contributed by atoms with Gasteiger partial charge < -0.3 is 10.5 Å². The molecule has 2 N–H and O–H groups in total. The Bertz CT molecular complexity index is 369. The number of pyridine rings is 1. The summed E-state index contributed by atoms with van der Waals surface area (Å²) in [7, 11) is 0. The predicted octanol–water partition coefficient (Wildman–Crippen LogP) is 2.34. The van der Waals surface area contributed by atoms with Crippen molar-refractivity contribution in [1.29, 1.82) is 0 Å². The van der Waals surface area contributed by atoms with Crippen molar-refractivity contribution in [2.45, 2.75) is 12.9 Å². The van der Waals surface area contributed by atoms with Crippen LogP contribution >= 0.6 is 15.9 Å². The number of nitrogens with zero attached hydrogens (tertiary/aromatic N) is 1. The van der Waals surface area contributed by atoms with Crippen molar-refractivity contribution in [1.82, 2.24) is 4.98 Å². The molecule has 0 fully saturated rings. The van der Waals surface area contributed by atoms with Gasteiger partial charge in [0.15, 0.2) is 0 Å². The summed E-state index contributed by atoms with van der Waals surface area (Å²) in [5, 5.41) is 0. The molecule has 1 aromatic rings. The quantitative estimate of drug-likeness (QED) is 0.850. The first-order chi connectivity index (χ1) is 6.85. The van der Waals surface area contributed by atoms with Gasteiger partial charge in [0.1, 0.15) is 10.3 Å². The van der Waals surface area contributed by atoms with E-state index in [0.29, 0.717) is 0 Å². The SMILES string of the molecule is NCc1cnc(OC(F)(F)F)c(Br)c1F. The molecule has 15 heavy (non-hydrogen) atoms. The number of aromatic nitrogens is 1. The van der Waals surface area contributed by atoms with E-state index in [1.165, 1.54) is 0 Å². The molecule has 84 valence electrons. The highest BCUT2D eigenvalue weighted by atomic mass is 79.9. The molecule has 0 aromatic carbocycles. The Morgan fingerprint density at radius 2 is 2.07 bits per heavy atom. The van der Waals surface area contributed by atoms with Crippen molar-refractivity contribution in [3.63, 3.8) is 0 Å². The average Bonchev–Trinajstić information content (AvgIpc) is 2.11. The number of hydrogen-bond donors (Lipinski definition) is 1. The van der Waals surface area contributed by atoms with Gasteiger partial charge in [-0.15, -0.1) is 13.2 Å². The lowest BCUT2D eigenvalue weighted by molar-refractivity contribution is -0.276. The molecule has 0 saturated heterocycles. The second-order valence-corrected chi connectivity index (χ2v) is 3.26. The van der Waals surface area contributed by atoms with Gasteiger partial charge in [0, 0.05) is 18.3 Å². The van der Waals surface area contributed by atoms with Crippen molar-refractivity contribution >= 4 is 15.9 Å². The van der Waals surface area contributed by atoms with Crippen molar-refractivity contribution in [3.05, 3.63) is 22.1 Å². The van der Waals surface area contributed by atoms with Crippen LogP contribution in [0, 0.1) is 5.82 Å². The van der Waals surface area contributed by atoms with Crippen LogP contribution in [0.1, 0.15) is 5.56 Å². The van der Waals surface area contributed by atoms with E-state index in [4.69, 9.17) is 5.73 Å². The van der Waals surface area contributed by atoms with Crippen LogP contribution in [0.4, 0.5) is 17.6 Å². The van der Waals surface area contributed by atoms with Gasteiger partial charge in [-0.1, -0.05) is 0 Å². The van der Waals surface area contributed by atoms with Crippen LogP contribution < -0.4 is 10.5 Å². The third kappa shape index (κ3) is 3.03. The third-order valence-corrected chi connectivity index (χ3v) is 2.12. The summed E-state index contributed by atoms with van der Waals surface area (Å²) < 4.78 is 51.6. The second-order valence-electron chi connectivity index (χ2n) is 2.47. The highest BCUT2D eigenvalue weighted by Gasteiger charge is 2.33. The molecular formula is C7H5BrF4N2O. The topological polar surface area (TPSA) is 48.1 Å². The Hall–Kier alpha value is -0.890. The van der Waals surface area contributed by atoms with Gasteiger partial charge in [-0.05, 0) is 15.9 Å². The van der Waals surface area contributed by atoms with E-state index in [1.54, 1.807) is 0 Å². The zero-order valence-corrected chi connectivity index (χ0v) is 8.69. The fourth-order valence-corrected chi connectivity index (χ4v) is 1.25. The smallest absolute Gasteiger partial charge is 0.387 e. The summed E-state index contributed by atoms with van der Waals surface area (Å²) in [6.07, 6.45) is -4.02. The van der Waals surface area contributed by atoms with Gasteiger partial charge in [0.2, 0.25) is 5.88 Å². The molecule has 0 amide bonds. The van der Waals surface area contributed by atoms with Crippen molar-refractivity contribution in [3.8, 4) is 5.88 Å². The van der Waals surface area contributed by atoms with Crippen molar-refractivity contribution < 1.29 is 22.3 Å². The van der Waals surface area contributed by atoms with E-state index in [9.17, 15) is 17.6 Å². The number of ether oxygens (including phenoxy) is 1. The van der Waals surface area contributed by atoms with E-state index < -0.39 is 22.5 Å². The van der Waals surface area contributed by atoms with E-state index in [2.05, 4.69) is 25.7 Å². The highest BCUT2D eigenvalue weighted by Crippen LogP contribution is 2.31. The maximum atomic E-state index is 13.2. The Kier molecular flexibility index (Phi) is 3.50. The maximum Gasteiger partial charge on any atom is 0.574 e. The molecule has 0 atom stereocenters. The maximum absolute atomic E-state index is 13.2. The monoisotopic (exact) mass is 288 g/mol. The van der Waals surface area contributed by atoms with Crippen LogP contribution in [0.5, 0.6) is 5.88 Å². The van der Waals surface area contributed by atoms with Crippen LogP contribution in [0.25, 0.3) is 0 Å². The Morgan fingerprint density at radius 1 is 1.47 bits per heavy atom. The molecule has 0 unspecified atom stereocenters. The summed E-state index contributed by atoms with van der Waals surface area (Å²) in [5.74, 6) is -1.79. The summed E-state index contributed by atoms with van der Waals surface area (Å²) in [6, 6.07) is 0. The minimum absolute atomic E-state index is 0.00333. The molecule has 0 bridgehead atoms. The molecule has 0 aliphatic heterocycles. The Balaban J connectivity index is 3.07. The minimum atomic E-state index is -4.91. The molecule has 0 aliphatic rings. The van der Waals surface area contributed by atoms with Crippen LogP contribution in [0.2, 0.25) is 0 Å². The van der Waals surface area contributed by atoms with Gasteiger partial charge >= 0.3 is 6.36 Å². The fraction of sp³-hybridized carbons (Fsp3) is 0.286. The first kappa shape index (κ1) is 12.2. The average molecular weight is 289 g/mol. The van der Waals surface area contributed by atoms with Crippen molar-refractivity contribution in [2.24, 2.45) is 5.73 Å². The lowest BCUT2D eigenvalue weighted by Gasteiger charge is -2.10. The summed E-state index contributed by atoms with van der Waals surface area (Å²) in [4.78, 5) is 3.29. The summed E-state index contributed by atoms with van der Waals surface area (Å²) >= 11 is 2.61. The second kappa shape index (κ2) is 4.31. The number of nitrogens with two attached hydrogens (primary N) is 1. The minimum Gasteiger partial charge on any atom is -0.387 e. The standard InChI is InChI=1S/C7H5BrF4N2O/c8-4-5(9)3(1-13)2-14-6(4)15-7(10,11)12/h2H,1,13H2. The van der Waals surface area contributed by atoms with Gasteiger partial charge in [-0.3, -0.25) is 0 Å². The first-order valence-corrected chi connectivity index (χ1v) is 4.43. The van der Waals surface area contributed by atoms with E-state index in [-0.39, 0.29) is 12.1 Å². The van der Waals surface area contributed by atoms with Gasteiger partial charge in [0.25, 0.3) is 0 Å². The molecule has 0 radical (unpaired) electrons. The lowest BCUT2D eigenvalue weighted by Crippen LogP contribution is -2.19. The number of hydrogen-bond acceptors (Lipinski definition) is 3. The van der Waals surface area contributed by atoms with Crippen LogP contribution in [0.15, 0.2) is 10.7 Å². The first-order valence-electron chi connectivity index (χ1n) is 3.64. The fourth-order valence-electron chi connectivity index (χ4n) is 0.808. The van der Waals surface area contributed by atoms with E-state index in [1.807, 2.05) is 0 Å². The van der Waals surface area contributed by atoms with Gasteiger partial charge in [-0.2, -0.15) is 0 Å². The lowest BCUT2D eigenvalue weighted by atomic mass is 10.3. The van der Waals surface area contributed by atoms with Crippen LogP contribution in [-0.4, -0.2) is 11.3 Å². The molecular weight excluding hydrogens is 284 g/mol. The Labute approximate surface area is 90.4 Å². The predicted molar refractivity (Wildman–Crippen MR) is 46.5 cm³/mol. The molecule has 1 rings (SSSR count). The third-order valence-electron chi connectivity index (χ3n) is 1.43. The van der Waals surface area contributed by atoms with Crippen LogP contribution in [-0.2, 0) is 6.54 Å². The molecule has 0 saturated carbocycles. The van der Waals surface area contributed by atoms with Crippen LogP contribution in [0.3, 0.4) is 0 Å². The molecule has 3 nitrogen and oxygen atoms in total. The molecule has 0 spiro atoms. The largest absolute Gasteiger partial charge is 0.574 e. The zero-order chi connectivity index (χ0) is 11.6. The zero-order valence-electron chi connectivity index (χ0n) is 7.11. The van der Waals surface area contributed by atoms with E-state index in [0.717, 1.165) is 6.20 Å². The Morgan fingerprint density at radius 3 is 2.53 bits per heavy atom. The van der Waals surface area contributed by atoms with Gasteiger partial charge in [-0.25, -0.2) is 9.37 Å². The highest BCUT2D eigenvalue weighted by molar-refractivity contribution is 9.10. The molecule has 1 aromatic heterocycles. The van der Waals surface area contributed by atoms with Gasteiger partial charge in [0.05, 0.1) is 0 Å². The summed E-state index contributed by atoms with van der Waals surface area (Å²) in [5.41, 5.74) is 5.13. The summed E-state index contributed by atoms with van der Waals surface area (Å²) in [6.45, 7) is -0.163. The number of rotatable bonds is 2. The van der Waals surface area contributed by atoms with Crippen molar-refractivity contribution in [2.75, 3.05) is 0 Å². The number of alkyl halides is 3. The molecule has 8 heteroatoms. The number of halogens is 5. The molecule has 0 aliphatic carbocycles. The normalized spacial score (nSPS) is 11.6. The molecule has 1 heterocycles.